The normalized spacial score (nSPS) is 17.1. The van der Waals surface area contributed by atoms with Crippen LogP contribution in [0.3, 0.4) is 0 Å². The number of likely N-dealkylation sites (tertiary alicyclic amines) is 1. The highest BCUT2D eigenvalue weighted by Crippen LogP contribution is 2.29. The maximum absolute atomic E-state index is 12.3. The second kappa shape index (κ2) is 6.28. The molecule has 6 heteroatoms. The maximum Gasteiger partial charge on any atom is 0.258 e. The van der Waals surface area contributed by atoms with E-state index in [0.717, 1.165) is 31.6 Å². The number of aromatic nitrogens is 3. The van der Waals surface area contributed by atoms with Crippen molar-refractivity contribution < 1.29 is 4.79 Å². The summed E-state index contributed by atoms with van der Waals surface area (Å²) in [4.78, 5) is 20.7. The molecule has 3 rings (SSSR count). The number of piperidine rings is 1. The average molecular weight is 315 g/mol. The molecule has 2 aromatic heterocycles. The number of fused-ring (bicyclic) bond motifs is 1. The van der Waals surface area contributed by atoms with Gasteiger partial charge in [-0.2, -0.15) is 5.10 Å². The standard InChI is InChI=1S/C17H25N5O/c1-12(2)21-9-6-13(7-10-21)15-5-8-18-16-14(11-19-22(15)16)17(23)20(3)4/h5,8,11-13H,6-7,9-10H2,1-4H3. The lowest BCUT2D eigenvalue weighted by molar-refractivity contribution is 0.0829. The maximum atomic E-state index is 12.3. The Morgan fingerprint density at radius 2 is 2.00 bits per heavy atom. The third-order valence-electron chi connectivity index (χ3n) is 4.75. The van der Waals surface area contributed by atoms with Gasteiger partial charge in [-0.05, 0) is 45.8 Å². The Balaban J connectivity index is 1.90. The summed E-state index contributed by atoms with van der Waals surface area (Å²) in [6.07, 6.45) is 5.67. The monoisotopic (exact) mass is 315 g/mol. The van der Waals surface area contributed by atoms with Crippen molar-refractivity contribution in [3.8, 4) is 0 Å². The zero-order valence-electron chi connectivity index (χ0n) is 14.4. The fourth-order valence-electron chi connectivity index (χ4n) is 3.32. The predicted octanol–water partition coefficient (Wildman–Crippen LogP) is 2.02. The van der Waals surface area contributed by atoms with E-state index in [4.69, 9.17) is 0 Å². The quantitative estimate of drug-likeness (QED) is 0.869. The molecular formula is C17H25N5O. The second-order valence-electron chi connectivity index (χ2n) is 6.77. The first-order chi connectivity index (χ1) is 11.0. The van der Waals surface area contributed by atoms with Crippen LogP contribution in [-0.2, 0) is 0 Å². The Hall–Kier alpha value is -1.95. The number of amides is 1. The summed E-state index contributed by atoms with van der Waals surface area (Å²) >= 11 is 0. The zero-order chi connectivity index (χ0) is 16.6. The van der Waals surface area contributed by atoms with Gasteiger partial charge in [0.05, 0.1) is 6.20 Å². The molecule has 1 aliphatic heterocycles. The molecule has 1 fully saturated rings. The van der Waals surface area contributed by atoms with Crippen LogP contribution in [0.15, 0.2) is 18.5 Å². The predicted molar refractivity (Wildman–Crippen MR) is 89.7 cm³/mol. The van der Waals surface area contributed by atoms with Crippen molar-refractivity contribution in [2.45, 2.75) is 38.6 Å². The Labute approximate surface area is 137 Å². The molecule has 0 saturated carbocycles. The molecule has 0 radical (unpaired) electrons. The van der Waals surface area contributed by atoms with E-state index in [0.29, 0.717) is 23.2 Å². The molecule has 23 heavy (non-hydrogen) atoms. The summed E-state index contributed by atoms with van der Waals surface area (Å²) in [6.45, 7) is 6.71. The minimum Gasteiger partial charge on any atom is -0.345 e. The van der Waals surface area contributed by atoms with Gasteiger partial charge >= 0.3 is 0 Å². The first-order valence-corrected chi connectivity index (χ1v) is 8.27. The van der Waals surface area contributed by atoms with Crippen molar-refractivity contribution in [1.29, 1.82) is 0 Å². The van der Waals surface area contributed by atoms with Crippen LogP contribution >= 0.6 is 0 Å². The van der Waals surface area contributed by atoms with E-state index in [-0.39, 0.29) is 5.91 Å². The van der Waals surface area contributed by atoms with Crippen LogP contribution in [0.4, 0.5) is 0 Å². The fourth-order valence-corrected chi connectivity index (χ4v) is 3.32. The molecule has 0 spiro atoms. The molecule has 1 amide bonds. The Morgan fingerprint density at radius 1 is 1.30 bits per heavy atom. The van der Waals surface area contributed by atoms with Gasteiger partial charge in [-0.25, -0.2) is 9.50 Å². The van der Waals surface area contributed by atoms with E-state index < -0.39 is 0 Å². The van der Waals surface area contributed by atoms with Crippen LogP contribution in [0.5, 0.6) is 0 Å². The largest absolute Gasteiger partial charge is 0.345 e. The Morgan fingerprint density at radius 3 is 2.61 bits per heavy atom. The molecule has 0 N–H and O–H groups in total. The number of rotatable bonds is 3. The van der Waals surface area contributed by atoms with Crippen LogP contribution in [0.2, 0.25) is 0 Å². The lowest BCUT2D eigenvalue weighted by atomic mass is 9.92. The van der Waals surface area contributed by atoms with Crippen LogP contribution in [0.25, 0.3) is 5.65 Å². The number of hydrogen-bond donors (Lipinski definition) is 0. The highest BCUT2D eigenvalue weighted by atomic mass is 16.2. The summed E-state index contributed by atoms with van der Waals surface area (Å²) in [5.41, 5.74) is 2.39. The highest BCUT2D eigenvalue weighted by molar-refractivity contribution is 5.99. The fraction of sp³-hybridized carbons (Fsp3) is 0.588. The van der Waals surface area contributed by atoms with Gasteiger partial charge in [0.25, 0.3) is 5.91 Å². The molecule has 1 saturated heterocycles. The molecule has 0 atom stereocenters. The smallest absolute Gasteiger partial charge is 0.258 e. The molecule has 124 valence electrons. The van der Waals surface area contributed by atoms with Gasteiger partial charge in [0.15, 0.2) is 5.65 Å². The number of carbonyl (C=O) groups is 1. The van der Waals surface area contributed by atoms with Crippen molar-refractivity contribution in [3.05, 3.63) is 29.7 Å². The molecule has 3 heterocycles. The minimum atomic E-state index is -0.0562. The molecule has 0 unspecified atom stereocenters. The average Bonchev–Trinajstić information content (AvgIpc) is 2.98. The van der Waals surface area contributed by atoms with Gasteiger partial charge in [0, 0.05) is 37.9 Å². The van der Waals surface area contributed by atoms with E-state index in [1.165, 1.54) is 0 Å². The molecule has 6 nitrogen and oxygen atoms in total. The third kappa shape index (κ3) is 2.95. The lowest BCUT2D eigenvalue weighted by Gasteiger charge is -2.34. The minimum absolute atomic E-state index is 0.0562. The summed E-state index contributed by atoms with van der Waals surface area (Å²) < 4.78 is 1.85. The Bertz CT molecular complexity index is 698. The number of carbonyl (C=O) groups excluding carboxylic acids is 1. The third-order valence-corrected chi connectivity index (χ3v) is 4.75. The zero-order valence-corrected chi connectivity index (χ0v) is 14.4. The topological polar surface area (TPSA) is 53.7 Å². The molecule has 0 aliphatic carbocycles. The van der Waals surface area contributed by atoms with E-state index >= 15 is 0 Å². The molecule has 0 aromatic carbocycles. The van der Waals surface area contributed by atoms with Crippen LogP contribution in [0, 0.1) is 0 Å². The second-order valence-corrected chi connectivity index (χ2v) is 6.77. The Kier molecular flexibility index (Phi) is 4.35. The number of hydrogen-bond acceptors (Lipinski definition) is 4. The van der Waals surface area contributed by atoms with Gasteiger partial charge < -0.3 is 9.80 Å². The highest BCUT2D eigenvalue weighted by Gasteiger charge is 2.25. The lowest BCUT2D eigenvalue weighted by Crippen LogP contribution is -2.38. The van der Waals surface area contributed by atoms with Gasteiger partial charge in [-0.1, -0.05) is 0 Å². The van der Waals surface area contributed by atoms with Gasteiger partial charge in [-0.15, -0.1) is 0 Å². The van der Waals surface area contributed by atoms with Gasteiger partial charge in [0.1, 0.15) is 5.56 Å². The van der Waals surface area contributed by atoms with Crippen LogP contribution in [0.1, 0.15) is 48.7 Å². The van der Waals surface area contributed by atoms with Gasteiger partial charge in [0.2, 0.25) is 0 Å². The summed E-state index contributed by atoms with van der Waals surface area (Å²) in [5, 5.41) is 4.44. The van der Waals surface area contributed by atoms with Crippen molar-refractivity contribution in [2.75, 3.05) is 27.2 Å². The van der Waals surface area contributed by atoms with Crippen molar-refractivity contribution in [1.82, 2.24) is 24.4 Å². The number of nitrogens with zero attached hydrogens (tertiary/aromatic N) is 5. The van der Waals surface area contributed by atoms with Crippen molar-refractivity contribution in [3.63, 3.8) is 0 Å². The van der Waals surface area contributed by atoms with E-state index in [9.17, 15) is 4.79 Å². The van der Waals surface area contributed by atoms with Crippen LogP contribution in [-0.4, -0.2) is 63.5 Å². The SMILES string of the molecule is CC(C)N1CCC(c2ccnc3c(C(=O)N(C)C)cnn23)CC1. The van der Waals surface area contributed by atoms with Gasteiger partial charge in [-0.3, -0.25) is 4.79 Å². The van der Waals surface area contributed by atoms with Crippen molar-refractivity contribution in [2.24, 2.45) is 0 Å². The molecule has 0 bridgehead atoms. The van der Waals surface area contributed by atoms with E-state index in [1.54, 1.807) is 31.4 Å². The van der Waals surface area contributed by atoms with E-state index in [2.05, 4.69) is 28.8 Å². The summed E-state index contributed by atoms with van der Waals surface area (Å²) in [6, 6.07) is 2.64. The van der Waals surface area contributed by atoms with Crippen LogP contribution < -0.4 is 0 Å². The molecule has 2 aromatic rings. The first-order valence-electron chi connectivity index (χ1n) is 8.27. The molecule has 1 aliphatic rings. The van der Waals surface area contributed by atoms with Crippen molar-refractivity contribution >= 4 is 11.6 Å². The molecular weight excluding hydrogens is 290 g/mol. The summed E-state index contributed by atoms with van der Waals surface area (Å²) in [7, 11) is 3.49. The van der Waals surface area contributed by atoms with E-state index in [1.807, 2.05) is 10.6 Å². The first kappa shape index (κ1) is 15.9. The summed E-state index contributed by atoms with van der Waals surface area (Å²) in [5.74, 6) is 0.414.